The number of hydrazine groups is 1. The SMILES string of the molecule is Cc1ccc(NC(=O)c2ccc(NN3C(=O)CCC3=O)nc2)cc1. The lowest BCUT2D eigenvalue weighted by Crippen LogP contribution is -2.35. The molecule has 1 saturated heterocycles. The second-order valence-electron chi connectivity index (χ2n) is 5.49. The Bertz CT molecular complexity index is 768. The van der Waals surface area contributed by atoms with Gasteiger partial charge in [0.2, 0.25) is 11.8 Å². The van der Waals surface area contributed by atoms with Gasteiger partial charge >= 0.3 is 0 Å². The smallest absolute Gasteiger partial charge is 0.257 e. The highest BCUT2D eigenvalue weighted by Crippen LogP contribution is 2.15. The summed E-state index contributed by atoms with van der Waals surface area (Å²) in [6.07, 6.45) is 1.78. The molecule has 0 atom stereocenters. The fraction of sp³-hybridized carbons (Fsp3) is 0.176. The number of anilines is 2. The molecule has 122 valence electrons. The van der Waals surface area contributed by atoms with Crippen molar-refractivity contribution in [1.29, 1.82) is 0 Å². The number of nitrogens with one attached hydrogen (secondary N) is 2. The number of pyridine rings is 1. The number of imide groups is 1. The van der Waals surface area contributed by atoms with E-state index in [1.807, 2.05) is 31.2 Å². The lowest BCUT2D eigenvalue weighted by atomic mass is 10.2. The Hall–Kier alpha value is -3.22. The molecule has 2 heterocycles. The predicted molar refractivity (Wildman–Crippen MR) is 88.1 cm³/mol. The highest BCUT2D eigenvalue weighted by Gasteiger charge is 2.29. The van der Waals surface area contributed by atoms with Crippen molar-refractivity contribution in [2.75, 3.05) is 10.7 Å². The van der Waals surface area contributed by atoms with Crippen molar-refractivity contribution in [3.63, 3.8) is 0 Å². The Kier molecular flexibility index (Phi) is 4.24. The Morgan fingerprint density at radius 3 is 2.29 bits per heavy atom. The molecule has 2 aromatic rings. The molecular formula is C17H16N4O3. The minimum Gasteiger partial charge on any atom is -0.322 e. The zero-order valence-corrected chi connectivity index (χ0v) is 13.1. The number of nitrogens with zero attached hydrogens (tertiary/aromatic N) is 2. The molecular weight excluding hydrogens is 308 g/mol. The summed E-state index contributed by atoms with van der Waals surface area (Å²) in [5.41, 5.74) is 4.83. The van der Waals surface area contributed by atoms with E-state index in [1.165, 1.54) is 6.20 Å². The number of benzene rings is 1. The lowest BCUT2D eigenvalue weighted by molar-refractivity contribution is -0.136. The molecule has 0 aliphatic carbocycles. The van der Waals surface area contributed by atoms with Gasteiger partial charge in [0.15, 0.2) is 0 Å². The van der Waals surface area contributed by atoms with Crippen LogP contribution in [0, 0.1) is 6.92 Å². The van der Waals surface area contributed by atoms with E-state index in [4.69, 9.17) is 0 Å². The minimum absolute atomic E-state index is 0.197. The van der Waals surface area contributed by atoms with Crippen molar-refractivity contribution in [2.45, 2.75) is 19.8 Å². The Labute approximate surface area is 138 Å². The molecule has 3 amide bonds. The molecule has 2 N–H and O–H groups in total. The summed E-state index contributed by atoms with van der Waals surface area (Å²) in [6.45, 7) is 1.97. The largest absolute Gasteiger partial charge is 0.322 e. The van der Waals surface area contributed by atoms with Gasteiger partial charge in [0, 0.05) is 24.7 Å². The average Bonchev–Trinajstić information content (AvgIpc) is 2.89. The second-order valence-corrected chi connectivity index (χ2v) is 5.49. The Morgan fingerprint density at radius 2 is 1.71 bits per heavy atom. The van der Waals surface area contributed by atoms with Crippen molar-refractivity contribution in [3.05, 3.63) is 53.7 Å². The van der Waals surface area contributed by atoms with Crippen LogP contribution in [-0.2, 0) is 9.59 Å². The van der Waals surface area contributed by atoms with Crippen LogP contribution in [0.15, 0.2) is 42.6 Å². The maximum Gasteiger partial charge on any atom is 0.257 e. The standard InChI is InChI=1S/C17H16N4O3/c1-11-2-5-13(6-3-11)19-17(24)12-4-7-14(18-10-12)20-21-15(22)8-9-16(21)23/h2-7,10H,8-9H2,1H3,(H,18,20)(H,19,24). The molecule has 0 unspecified atom stereocenters. The van der Waals surface area contributed by atoms with E-state index in [9.17, 15) is 14.4 Å². The van der Waals surface area contributed by atoms with E-state index in [2.05, 4.69) is 15.7 Å². The number of hydrogen-bond acceptors (Lipinski definition) is 5. The van der Waals surface area contributed by atoms with Gasteiger partial charge in [-0.25, -0.2) is 4.98 Å². The molecule has 0 radical (unpaired) electrons. The summed E-state index contributed by atoms with van der Waals surface area (Å²) < 4.78 is 0. The molecule has 24 heavy (non-hydrogen) atoms. The fourth-order valence-electron chi connectivity index (χ4n) is 2.25. The quantitative estimate of drug-likeness (QED) is 0.841. The van der Waals surface area contributed by atoms with Crippen LogP contribution in [0.3, 0.4) is 0 Å². The monoisotopic (exact) mass is 324 g/mol. The molecule has 0 spiro atoms. The van der Waals surface area contributed by atoms with Crippen molar-refractivity contribution < 1.29 is 14.4 Å². The number of aryl methyl sites for hydroxylation is 1. The fourth-order valence-corrected chi connectivity index (χ4v) is 2.25. The highest BCUT2D eigenvalue weighted by molar-refractivity contribution is 6.04. The molecule has 1 aromatic carbocycles. The van der Waals surface area contributed by atoms with Crippen molar-refractivity contribution >= 4 is 29.2 Å². The minimum atomic E-state index is -0.289. The van der Waals surface area contributed by atoms with E-state index in [0.717, 1.165) is 10.6 Å². The number of amides is 3. The van der Waals surface area contributed by atoms with Gasteiger partial charge in [-0.15, -0.1) is 0 Å². The van der Waals surface area contributed by atoms with Gasteiger partial charge in [-0.3, -0.25) is 19.8 Å². The third-order valence-electron chi connectivity index (χ3n) is 3.61. The van der Waals surface area contributed by atoms with E-state index < -0.39 is 0 Å². The molecule has 1 aromatic heterocycles. The van der Waals surface area contributed by atoms with Gasteiger partial charge in [0.05, 0.1) is 5.56 Å². The van der Waals surface area contributed by atoms with E-state index in [1.54, 1.807) is 12.1 Å². The predicted octanol–water partition coefficient (Wildman–Crippen LogP) is 2.12. The van der Waals surface area contributed by atoms with Crippen LogP contribution in [0.4, 0.5) is 11.5 Å². The first-order chi connectivity index (χ1) is 11.5. The molecule has 1 fully saturated rings. The van der Waals surface area contributed by atoms with Crippen molar-refractivity contribution in [3.8, 4) is 0 Å². The first-order valence-electron chi connectivity index (χ1n) is 7.49. The normalized spacial score (nSPS) is 14.0. The summed E-state index contributed by atoms with van der Waals surface area (Å²) in [5.74, 6) is -0.539. The summed E-state index contributed by atoms with van der Waals surface area (Å²) in [4.78, 5) is 39.3. The summed E-state index contributed by atoms with van der Waals surface area (Å²) in [6, 6.07) is 10.6. The van der Waals surface area contributed by atoms with Gasteiger partial charge in [-0.05, 0) is 31.2 Å². The maximum atomic E-state index is 12.2. The third-order valence-corrected chi connectivity index (χ3v) is 3.61. The van der Waals surface area contributed by atoms with Gasteiger partial charge in [0.1, 0.15) is 5.82 Å². The average molecular weight is 324 g/mol. The van der Waals surface area contributed by atoms with Gasteiger partial charge in [0.25, 0.3) is 5.91 Å². The Morgan fingerprint density at radius 1 is 1.04 bits per heavy atom. The maximum absolute atomic E-state index is 12.2. The number of aromatic nitrogens is 1. The molecule has 3 rings (SSSR count). The van der Waals surface area contributed by atoms with Crippen LogP contribution in [0.1, 0.15) is 28.8 Å². The summed E-state index contributed by atoms with van der Waals surface area (Å²) in [5, 5.41) is 3.73. The van der Waals surface area contributed by atoms with E-state index in [0.29, 0.717) is 17.1 Å². The van der Waals surface area contributed by atoms with Gasteiger partial charge in [-0.2, -0.15) is 5.01 Å². The van der Waals surface area contributed by atoms with E-state index >= 15 is 0 Å². The third kappa shape index (κ3) is 3.40. The second kappa shape index (κ2) is 6.49. The van der Waals surface area contributed by atoms with Crippen LogP contribution in [0.2, 0.25) is 0 Å². The van der Waals surface area contributed by atoms with Gasteiger partial charge < -0.3 is 5.32 Å². The molecule has 7 nitrogen and oxygen atoms in total. The highest BCUT2D eigenvalue weighted by atomic mass is 16.2. The number of carbonyl (C=O) groups is 3. The number of carbonyl (C=O) groups excluding carboxylic acids is 3. The molecule has 1 aliphatic rings. The summed E-state index contributed by atoms with van der Waals surface area (Å²) >= 11 is 0. The molecule has 7 heteroatoms. The van der Waals surface area contributed by atoms with Crippen LogP contribution in [-0.4, -0.2) is 27.7 Å². The topological polar surface area (TPSA) is 91.4 Å². The van der Waals surface area contributed by atoms with Crippen molar-refractivity contribution in [2.24, 2.45) is 0 Å². The van der Waals surface area contributed by atoms with E-state index in [-0.39, 0.29) is 30.6 Å². The Balaban J connectivity index is 1.65. The lowest BCUT2D eigenvalue weighted by Gasteiger charge is -2.15. The van der Waals surface area contributed by atoms with Crippen LogP contribution in [0.5, 0.6) is 0 Å². The zero-order chi connectivity index (χ0) is 17.1. The molecule has 1 aliphatic heterocycles. The van der Waals surface area contributed by atoms with Gasteiger partial charge in [-0.1, -0.05) is 17.7 Å². The van der Waals surface area contributed by atoms with Crippen LogP contribution in [0.25, 0.3) is 0 Å². The zero-order valence-electron chi connectivity index (χ0n) is 13.1. The summed E-state index contributed by atoms with van der Waals surface area (Å²) in [7, 11) is 0. The molecule has 0 saturated carbocycles. The first-order valence-corrected chi connectivity index (χ1v) is 7.49. The number of hydrogen-bond donors (Lipinski definition) is 2. The first kappa shape index (κ1) is 15.7. The molecule has 0 bridgehead atoms. The number of rotatable bonds is 4. The van der Waals surface area contributed by atoms with Crippen LogP contribution < -0.4 is 10.7 Å². The van der Waals surface area contributed by atoms with Crippen molar-refractivity contribution in [1.82, 2.24) is 9.99 Å². The van der Waals surface area contributed by atoms with Crippen LogP contribution >= 0.6 is 0 Å².